The molecule has 1 atom stereocenters. The zero-order chi connectivity index (χ0) is 10.2. The number of ketones is 1. The summed E-state index contributed by atoms with van der Waals surface area (Å²) in [5.41, 5.74) is 5.58. The molecule has 0 bridgehead atoms. The number of carbonyl (C=O) groups excluding carboxylic acids is 1. The molecule has 0 aromatic rings. The topological polar surface area (TPSA) is 43.1 Å². The highest BCUT2D eigenvalue weighted by Gasteiger charge is 2.44. The van der Waals surface area contributed by atoms with E-state index in [0.29, 0.717) is 17.6 Å². The third-order valence-corrected chi connectivity index (χ3v) is 3.98. The molecule has 0 saturated heterocycles. The number of rotatable bonds is 4. The van der Waals surface area contributed by atoms with Crippen molar-refractivity contribution in [3.05, 3.63) is 0 Å². The van der Waals surface area contributed by atoms with E-state index in [-0.39, 0.29) is 0 Å². The van der Waals surface area contributed by atoms with Gasteiger partial charge in [0, 0.05) is 6.42 Å². The largest absolute Gasteiger partial charge is 0.319 e. The molecule has 2 nitrogen and oxygen atoms in total. The molecule has 0 amide bonds. The van der Waals surface area contributed by atoms with Crippen LogP contribution in [0.1, 0.15) is 51.9 Å². The molecule has 1 unspecified atom stereocenters. The molecule has 0 aliphatic heterocycles. The number of nitrogens with two attached hydrogens (primary N) is 1. The van der Waals surface area contributed by atoms with Crippen LogP contribution in [0.4, 0.5) is 0 Å². The first-order valence-electron chi connectivity index (χ1n) is 5.93. The minimum absolute atomic E-state index is 0.312. The first-order valence-corrected chi connectivity index (χ1v) is 5.93. The normalized spacial score (nSPS) is 27.6. The van der Waals surface area contributed by atoms with Gasteiger partial charge in [-0.15, -0.1) is 0 Å². The molecule has 2 fully saturated rings. The Labute approximate surface area is 86.2 Å². The van der Waals surface area contributed by atoms with Crippen LogP contribution in [-0.4, -0.2) is 11.3 Å². The summed E-state index contributed by atoms with van der Waals surface area (Å²) in [6.45, 7) is 1.93. The number of hydrogen-bond donors (Lipinski definition) is 1. The first kappa shape index (κ1) is 10.2. The van der Waals surface area contributed by atoms with Gasteiger partial charge in [0.05, 0.1) is 5.54 Å². The summed E-state index contributed by atoms with van der Waals surface area (Å²) in [6.07, 6.45) is 8.15. The minimum atomic E-state index is -0.511. The van der Waals surface area contributed by atoms with Crippen molar-refractivity contribution in [2.75, 3.05) is 0 Å². The predicted molar refractivity (Wildman–Crippen MR) is 56.9 cm³/mol. The number of carbonyl (C=O) groups is 1. The van der Waals surface area contributed by atoms with Crippen LogP contribution in [0.15, 0.2) is 0 Å². The second kappa shape index (κ2) is 3.65. The van der Waals surface area contributed by atoms with E-state index in [9.17, 15) is 4.79 Å². The van der Waals surface area contributed by atoms with Gasteiger partial charge in [0.2, 0.25) is 0 Å². The van der Waals surface area contributed by atoms with Gasteiger partial charge in [-0.05, 0) is 31.6 Å². The van der Waals surface area contributed by atoms with E-state index in [1.807, 2.05) is 6.92 Å². The van der Waals surface area contributed by atoms with E-state index in [4.69, 9.17) is 5.73 Å². The molecule has 2 aliphatic carbocycles. The molecule has 0 heterocycles. The van der Waals surface area contributed by atoms with Crippen molar-refractivity contribution >= 4 is 5.78 Å². The summed E-state index contributed by atoms with van der Waals surface area (Å²) in [4.78, 5) is 12.0. The fourth-order valence-corrected chi connectivity index (χ4v) is 2.61. The summed E-state index contributed by atoms with van der Waals surface area (Å²) >= 11 is 0. The SMILES string of the molecule is CC(N)(C(=O)CC1CCCC1)C1CC1. The Morgan fingerprint density at radius 1 is 1.29 bits per heavy atom. The average Bonchev–Trinajstić information content (AvgIpc) is 2.88. The molecule has 14 heavy (non-hydrogen) atoms. The summed E-state index contributed by atoms with van der Waals surface area (Å²) < 4.78 is 0. The highest BCUT2D eigenvalue weighted by molar-refractivity contribution is 5.88. The molecular weight excluding hydrogens is 174 g/mol. The van der Waals surface area contributed by atoms with Gasteiger partial charge in [0.15, 0.2) is 5.78 Å². The molecule has 80 valence electrons. The highest BCUT2D eigenvalue weighted by atomic mass is 16.1. The van der Waals surface area contributed by atoms with E-state index in [0.717, 1.165) is 19.3 Å². The van der Waals surface area contributed by atoms with E-state index < -0.39 is 5.54 Å². The lowest BCUT2D eigenvalue weighted by Crippen LogP contribution is -2.47. The number of hydrogen-bond acceptors (Lipinski definition) is 2. The fraction of sp³-hybridized carbons (Fsp3) is 0.917. The van der Waals surface area contributed by atoms with Crippen LogP contribution < -0.4 is 5.73 Å². The van der Waals surface area contributed by atoms with Crippen LogP contribution in [0, 0.1) is 11.8 Å². The molecule has 0 radical (unpaired) electrons. The zero-order valence-corrected chi connectivity index (χ0v) is 9.09. The Morgan fingerprint density at radius 3 is 2.36 bits per heavy atom. The first-order chi connectivity index (χ1) is 6.60. The lowest BCUT2D eigenvalue weighted by molar-refractivity contribution is -0.125. The zero-order valence-electron chi connectivity index (χ0n) is 9.09. The van der Waals surface area contributed by atoms with Gasteiger partial charge < -0.3 is 5.73 Å². The van der Waals surface area contributed by atoms with E-state index >= 15 is 0 Å². The Kier molecular flexibility index (Phi) is 2.65. The Balaban J connectivity index is 1.87. The fourth-order valence-electron chi connectivity index (χ4n) is 2.61. The van der Waals surface area contributed by atoms with Crippen molar-refractivity contribution in [1.82, 2.24) is 0 Å². The van der Waals surface area contributed by atoms with E-state index in [2.05, 4.69) is 0 Å². The Morgan fingerprint density at radius 2 is 1.86 bits per heavy atom. The van der Waals surface area contributed by atoms with Gasteiger partial charge >= 0.3 is 0 Å². The lowest BCUT2D eigenvalue weighted by atomic mass is 9.86. The van der Waals surface area contributed by atoms with Crippen molar-refractivity contribution in [1.29, 1.82) is 0 Å². The van der Waals surface area contributed by atoms with Crippen molar-refractivity contribution in [2.24, 2.45) is 17.6 Å². The molecule has 0 spiro atoms. The van der Waals surface area contributed by atoms with Gasteiger partial charge in [-0.1, -0.05) is 25.7 Å². The van der Waals surface area contributed by atoms with E-state index in [1.54, 1.807) is 0 Å². The maximum atomic E-state index is 12.0. The predicted octanol–water partition coefficient (Wildman–Crippen LogP) is 2.26. The lowest BCUT2D eigenvalue weighted by Gasteiger charge is -2.24. The molecule has 2 N–H and O–H groups in total. The van der Waals surface area contributed by atoms with Crippen LogP contribution in [0.2, 0.25) is 0 Å². The van der Waals surface area contributed by atoms with Gasteiger partial charge in [0.25, 0.3) is 0 Å². The van der Waals surface area contributed by atoms with Gasteiger partial charge in [-0.25, -0.2) is 0 Å². The molecule has 0 aromatic carbocycles. The van der Waals surface area contributed by atoms with Crippen molar-refractivity contribution < 1.29 is 4.79 Å². The van der Waals surface area contributed by atoms with Crippen LogP contribution in [0.25, 0.3) is 0 Å². The van der Waals surface area contributed by atoms with Crippen molar-refractivity contribution in [3.63, 3.8) is 0 Å². The summed E-state index contributed by atoms with van der Waals surface area (Å²) in [6, 6.07) is 0. The minimum Gasteiger partial charge on any atom is -0.319 e. The summed E-state index contributed by atoms with van der Waals surface area (Å²) in [5.74, 6) is 1.44. The summed E-state index contributed by atoms with van der Waals surface area (Å²) in [7, 11) is 0. The van der Waals surface area contributed by atoms with Crippen molar-refractivity contribution in [3.8, 4) is 0 Å². The summed E-state index contributed by atoms with van der Waals surface area (Å²) in [5, 5.41) is 0. The van der Waals surface area contributed by atoms with Crippen LogP contribution in [-0.2, 0) is 4.79 Å². The third kappa shape index (κ3) is 2.00. The molecule has 2 heteroatoms. The van der Waals surface area contributed by atoms with Crippen LogP contribution >= 0.6 is 0 Å². The molecule has 2 aliphatic rings. The van der Waals surface area contributed by atoms with Crippen LogP contribution in [0.3, 0.4) is 0 Å². The quantitative estimate of drug-likeness (QED) is 0.747. The third-order valence-electron chi connectivity index (χ3n) is 3.98. The van der Waals surface area contributed by atoms with Crippen molar-refractivity contribution in [2.45, 2.75) is 57.4 Å². The van der Waals surface area contributed by atoms with E-state index in [1.165, 1.54) is 25.7 Å². The second-order valence-electron chi connectivity index (χ2n) is 5.33. The van der Waals surface area contributed by atoms with Gasteiger partial charge in [0.1, 0.15) is 0 Å². The number of Topliss-reactive ketones (excluding diaryl/α,β-unsaturated/α-hetero) is 1. The van der Waals surface area contributed by atoms with Gasteiger partial charge in [-0.2, -0.15) is 0 Å². The second-order valence-corrected chi connectivity index (χ2v) is 5.33. The molecule has 2 saturated carbocycles. The highest BCUT2D eigenvalue weighted by Crippen LogP contribution is 2.40. The van der Waals surface area contributed by atoms with Gasteiger partial charge in [-0.3, -0.25) is 4.79 Å². The molecule has 0 aromatic heterocycles. The smallest absolute Gasteiger partial charge is 0.152 e. The maximum Gasteiger partial charge on any atom is 0.152 e. The Bertz CT molecular complexity index is 224. The molecular formula is C12H21NO. The maximum absolute atomic E-state index is 12.0. The molecule has 2 rings (SSSR count). The standard InChI is InChI=1S/C12H21NO/c1-12(13,10-6-7-10)11(14)8-9-4-2-3-5-9/h9-10H,2-8,13H2,1H3. The van der Waals surface area contributed by atoms with Crippen LogP contribution in [0.5, 0.6) is 0 Å². The average molecular weight is 195 g/mol. The Hall–Kier alpha value is -0.370. The monoisotopic (exact) mass is 195 g/mol.